The van der Waals surface area contributed by atoms with Gasteiger partial charge in [-0.25, -0.2) is 4.57 Å². The zero-order valence-corrected chi connectivity index (χ0v) is 48.7. The summed E-state index contributed by atoms with van der Waals surface area (Å²) in [7, 11) is 1.45. The third-order valence-corrected chi connectivity index (χ3v) is 13.0. The summed E-state index contributed by atoms with van der Waals surface area (Å²) < 4.78 is 34.5. The Labute approximate surface area is 454 Å². The van der Waals surface area contributed by atoms with Crippen LogP contribution in [0.3, 0.4) is 0 Å². The summed E-state index contributed by atoms with van der Waals surface area (Å²) in [6.45, 7) is 4.26. The summed E-state index contributed by atoms with van der Waals surface area (Å²) in [6.07, 6.45) is 76.9. The number of carbonyl (C=O) groups is 2. The molecule has 422 valence electrons. The Balaban J connectivity index is 4.24. The molecule has 0 aromatic heterocycles. The molecule has 1 N–H and O–H groups in total. The van der Waals surface area contributed by atoms with E-state index >= 15 is 0 Å². The molecule has 0 heterocycles. The van der Waals surface area contributed by atoms with Gasteiger partial charge in [-0.05, 0) is 109 Å². The normalized spacial score (nSPS) is 14.2. The monoisotopic (exact) mass is 1050 g/mol. The topological polar surface area (TPSA) is 108 Å². The summed E-state index contributed by atoms with van der Waals surface area (Å²) in [5.41, 5.74) is 0. The van der Waals surface area contributed by atoms with Gasteiger partial charge in [0.25, 0.3) is 0 Å². The Bertz CT molecular complexity index is 1660. The van der Waals surface area contributed by atoms with E-state index in [0.29, 0.717) is 17.4 Å². The largest absolute Gasteiger partial charge is 0.472 e. The van der Waals surface area contributed by atoms with E-state index in [2.05, 4.69) is 135 Å². The Hall–Kier alpha value is -3.59. The van der Waals surface area contributed by atoms with E-state index in [-0.39, 0.29) is 32.0 Å². The molecule has 0 aliphatic heterocycles. The van der Waals surface area contributed by atoms with Crippen LogP contribution in [0.25, 0.3) is 0 Å². The maximum Gasteiger partial charge on any atom is 0.472 e. The predicted molar refractivity (Wildman–Crippen MR) is 316 cm³/mol. The molecule has 0 spiro atoms. The van der Waals surface area contributed by atoms with Crippen LogP contribution in [0.2, 0.25) is 0 Å². The van der Waals surface area contributed by atoms with Gasteiger partial charge in [0, 0.05) is 12.8 Å². The van der Waals surface area contributed by atoms with Crippen LogP contribution in [0.4, 0.5) is 0 Å². The molecule has 0 bridgehead atoms. The number of hydrogen-bond acceptors (Lipinski definition) is 7. The van der Waals surface area contributed by atoms with Crippen LogP contribution in [0.1, 0.15) is 219 Å². The van der Waals surface area contributed by atoms with Gasteiger partial charge in [0.05, 0.1) is 27.7 Å². The van der Waals surface area contributed by atoms with Crippen LogP contribution < -0.4 is 0 Å². The minimum atomic E-state index is -4.40. The van der Waals surface area contributed by atoms with Gasteiger partial charge in [-0.1, -0.05) is 219 Å². The average Bonchev–Trinajstić information content (AvgIpc) is 3.36. The van der Waals surface area contributed by atoms with Crippen molar-refractivity contribution in [2.75, 3.05) is 47.5 Å². The van der Waals surface area contributed by atoms with Crippen LogP contribution in [0.15, 0.2) is 122 Å². The summed E-state index contributed by atoms with van der Waals surface area (Å²) >= 11 is 0. The number of esters is 2. The smallest absolute Gasteiger partial charge is 0.462 e. The molecule has 0 saturated carbocycles. The zero-order valence-electron chi connectivity index (χ0n) is 47.8. The van der Waals surface area contributed by atoms with Crippen molar-refractivity contribution in [1.82, 2.24) is 0 Å². The maximum absolute atomic E-state index is 12.8. The molecule has 0 rings (SSSR count). The van der Waals surface area contributed by atoms with E-state index < -0.39 is 26.5 Å². The van der Waals surface area contributed by atoms with Crippen molar-refractivity contribution in [2.45, 2.75) is 225 Å². The molecule has 0 aromatic carbocycles. The lowest BCUT2D eigenvalue weighted by Gasteiger charge is -2.24. The SMILES string of the molecule is CC/C=C\C/C=C\C/C=C\C/C=C\C/C=C\C/C=C\C/C=C\C/C=C\CCCCCCCCC(=O)OC(COC(=O)CCCCCCCCCCC/C=C\C/C=C\CCCCC)COP(=O)(O)OCC[N+](C)(C)C. The number of rotatable bonds is 52. The highest BCUT2D eigenvalue weighted by molar-refractivity contribution is 7.47. The summed E-state index contributed by atoms with van der Waals surface area (Å²) in [5.74, 6) is -0.826. The highest BCUT2D eigenvalue weighted by atomic mass is 31.2. The molecule has 0 radical (unpaired) electrons. The number of ether oxygens (including phenoxy) is 2. The lowest BCUT2D eigenvalue weighted by Crippen LogP contribution is -2.37. The van der Waals surface area contributed by atoms with Gasteiger partial charge in [0.15, 0.2) is 6.10 Å². The first-order valence-electron chi connectivity index (χ1n) is 29.3. The number of hydrogen-bond donors (Lipinski definition) is 1. The van der Waals surface area contributed by atoms with Gasteiger partial charge in [-0.2, -0.15) is 0 Å². The van der Waals surface area contributed by atoms with Gasteiger partial charge in [0.2, 0.25) is 0 Å². The van der Waals surface area contributed by atoms with Crippen molar-refractivity contribution in [3.63, 3.8) is 0 Å². The van der Waals surface area contributed by atoms with Crippen LogP contribution in [-0.4, -0.2) is 74.9 Å². The van der Waals surface area contributed by atoms with Crippen LogP contribution in [0, 0.1) is 0 Å². The lowest BCUT2D eigenvalue weighted by molar-refractivity contribution is -0.870. The minimum Gasteiger partial charge on any atom is -0.462 e. The standard InChI is InChI=1S/C64H108NO8P/c1-6-8-10-12-14-16-18-20-22-24-26-27-28-29-30-31-32-33-34-35-36-37-39-41-43-45-47-49-51-53-55-57-64(67)73-62(61-72-74(68,69)71-59-58-65(3,4)5)60-70-63(66)56-54-52-50-48-46-44-42-40-38-25-23-21-19-17-15-13-11-9-7-2/h8,10,14-17,20-23,26-27,29-30,32-33,35-36,39,41,62H,6-7,9,11-13,18-19,24-25,28,31,34,37-38,40,42-61H2,1-5H3/p+1/b10-8-,16-14-,17-15-,22-20-,23-21-,27-26-,30-29-,33-32-,36-35-,41-39-. The number of phosphoric acid groups is 1. The molecule has 0 saturated heterocycles. The highest BCUT2D eigenvalue weighted by Crippen LogP contribution is 2.43. The van der Waals surface area contributed by atoms with Crippen LogP contribution in [0.5, 0.6) is 0 Å². The van der Waals surface area contributed by atoms with Gasteiger partial charge >= 0.3 is 19.8 Å². The quantitative estimate of drug-likeness (QED) is 0.0211. The van der Waals surface area contributed by atoms with Gasteiger partial charge < -0.3 is 18.9 Å². The Morgan fingerprint density at radius 3 is 1.15 bits per heavy atom. The van der Waals surface area contributed by atoms with Crippen molar-refractivity contribution < 1.29 is 42.1 Å². The molecule has 0 fully saturated rings. The van der Waals surface area contributed by atoms with E-state index in [1.54, 1.807) is 0 Å². The second-order valence-corrected chi connectivity index (χ2v) is 21.7. The van der Waals surface area contributed by atoms with Crippen molar-refractivity contribution in [3.8, 4) is 0 Å². The van der Waals surface area contributed by atoms with E-state index in [9.17, 15) is 19.0 Å². The number of phosphoric ester groups is 1. The Morgan fingerprint density at radius 2 is 0.770 bits per heavy atom. The van der Waals surface area contributed by atoms with Crippen molar-refractivity contribution in [2.24, 2.45) is 0 Å². The molecular weight excluding hydrogens is 942 g/mol. The van der Waals surface area contributed by atoms with Crippen LogP contribution in [-0.2, 0) is 32.7 Å². The second kappa shape index (κ2) is 54.2. The second-order valence-electron chi connectivity index (χ2n) is 20.3. The van der Waals surface area contributed by atoms with Crippen LogP contribution >= 0.6 is 7.82 Å². The molecule has 0 aliphatic carbocycles. The average molecular weight is 1050 g/mol. The maximum atomic E-state index is 12.8. The predicted octanol–water partition coefficient (Wildman–Crippen LogP) is 18.4. The molecule has 0 aliphatic rings. The summed E-state index contributed by atoms with van der Waals surface area (Å²) in [6, 6.07) is 0. The van der Waals surface area contributed by atoms with E-state index in [1.165, 1.54) is 57.8 Å². The molecule has 0 amide bonds. The molecule has 0 aromatic rings. The Kier molecular flexibility index (Phi) is 51.6. The Morgan fingerprint density at radius 1 is 0.432 bits per heavy atom. The van der Waals surface area contributed by atoms with Crippen molar-refractivity contribution in [1.29, 1.82) is 0 Å². The minimum absolute atomic E-state index is 0.0213. The number of quaternary nitrogens is 1. The molecule has 2 atom stereocenters. The third-order valence-electron chi connectivity index (χ3n) is 12.0. The first kappa shape index (κ1) is 70.4. The summed E-state index contributed by atoms with van der Waals surface area (Å²) in [4.78, 5) is 35.7. The van der Waals surface area contributed by atoms with E-state index in [4.69, 9.17) is 18.5 Å². The molecule has 2 unspecified atom stereocenters. The van der Waals surface area contributed by atoms with Gasteiger partial charge in [0.1, 0.15) is 19.8 Å². The lowest BCUT2D eigenvalue weighted by atomic mass is 10.1. The van der Waals surface area contributed by atoms with E-state index in [0.717, 1.165) is 128 Å². The van der Waals surface area contributed by atoms with Crippen molar-refractivity contribution in [3.05, 3.63) is 122 Å². The molecule has 9 nitrogen and oxygen atoms in total. The third kappa shape index (κ3) is 57.7. The van der Waals surface area contributed by atoms with Gasteiger partial charge in [-0.15, -0.1) is 0 Å². The number of nitrogens with zero attached hydrogens (tertiary/aromatic N) is 1. The molecule has 74 heavy (non-hydrogen) atoms. The van der Waals surface area contributed by atoms with Gasteiger partial charge in [-0.3, -0.25) is 18.6 Å². The molecule has 10 heteroatoms. The zero-order chi connectivity index (χ0) is 54.2. The molecular formula is C64H109NO8P+. The fraction of sp³-hybridized carbons (Fsp3) is 0.656. The first-order valence-corrected chi connectivity index (χ1v) is 30.8. The number of likely N-dealkylation sites (N-methyl/N-ethyl adjacent to an activating group) is 1. The fourth-order valence-electron chi connectivity index (χ4n) is 7.47. The number of carbonyl (C=O) groups excluding carboxylic acids is 2. The van der Waals surface area contributed by atoms with Crippen molar-refractivity contribution >= 4 is 19.8 Å². The number of unbranched alkanes of at least 4 members (excludes halogenated alkanes) is 18. The number of allylic oxidation sites excluding steroid dienone is 20. The van der Waals surface area contributed by atoms with E-state index in [1.807, 2.05) is 21.1 Å². The summed E-state index contributed by atoms with van der Waals surface area (Å²) in [5, 5.41) is 0. The fourth-order valence-corrected chi connectivity index (χ4v) is 8.21. The first-order chi connectivity index (χ1) is 36.0. The highest BCUT2D eigenvalue weighted by Gasteiger charge is 2.27.